The van der Waals surface area contributed by atoms with Gasteiger partial charge in [0.15, 0.2) is 0 Å². The van der Waals surface area contributed by atoms with E-state index in [1.807, 2.05) is 13.8 Å². The van der Waals surface area contributed by atoms with Crippen molar-refractivity contribution in [3.63, 3.8) is 0 Å². The van der Waals surface area contributed by atoms with E-state index in [2.05, 4.69) is 10.3 Å². The van der Waals surface area contributed by atoms with Crippen LogP contribution < -0.4 is 10.1 Å². The third-order valence-corrected chi connectivity index (χ3v) is 2.92. The van der Waals surface area contributed by atoms with E-state index < -0.39 is 5.51 Å². The highest BCUT2D eigenvalue weighted by Gasteiger charge is 2.27. The molecule has 0 aliphatic carbocycles. The quantitative estimate of drug-likeness (QED) is 0.783. The SMILES string of the molecule is CCNCc1nc(C)ccc1OCCSC(F)(F)F. The monoisotopic (exact) mass is 294 g/mol. The molecule has 1 rings (SSSR count). The molecule has 0 amide bonds. The zero-order chi connectivity index (χ0) is 14.3. The molecule has 19 heavy (non-hydrogen) atoms. The van der Waals surface area contributed by atoms with Crippen LogP contribution in [0.25, 0.3) is 0 Å². The molecule has 0 saturated carbocycles. The molecule has 0 fully saturated rings. The molecule has 1 N–H and O–H groups in total. The summed E-state index contributed by atoms with van der Waals surface area (Å²) in [7, 11) is 0. The van der Waals surface area contributed by atoms with Gasteiger partial charge in [0.2, 0.25) is 0 Å². The van der Waals surface area contributed by atoms with E-state index in [0.717, 1.165) is 17.9 Å². The van der Waals surface area contributed by atoms with Crippen LogP contribution in [0.5, 0.6) is 5.75 Å². The van der Waals surface area contributed by atoms with Crippen LogP contribution in [0.2, 0.25) is 0 Å². The molecule has 0 unspecified atom stereocenters. The van der Waals surface area contributed by atoms with Crippen molar-refractivity contribution in [2.75, 3.05) is 18.9 Å². The van der Waals surface area contributed by atoms with Gasteiger partial charge in [0.05, 0.1) is 12.3 Å². The van der Waals surface area contributed by atoms with Crippen LogP contribution in [0.4, 0.5) is 13.2 Å². The average molecular weight is 294 g/mol. The highest BCUT2D eigenvalue weighted by molar-refractivity contribution is 8.00. The fraction of sp³-hybridized carbons (Fsp3) is 0.583. The Hall–Kier alpha value is -0.950. The lowest BCUT2D eigenvalue weighted by atomic mass is 10.3. The number of hydrogen-bond donors (Lipinski definition) is 1. The van der Waals surface area contributed by atoms with Gasteiger partial charge in [-0.1, -0.05) is 6.92 Å². The van der Waals surface area contributed by atoms with Crippen molar-refractivity contribution >= 4 is 11.8 Å². The Morgan fingerprint density at radius 2 is 2.11 bits per heavy atom. The van der Waals surface area contributed by atoms with Gasteiger partial charge in [-0.25, -0.2) is 0 Å². The van der Waals surface area contributed by atoms with E-state index in [9.17, 15) is 13.2 Å². The van der Waals surface area contributed by atoms with Crippen molar-refractivity contribution in [2.24, 2.45) is 0 Å². The number of nitrogens with one attached hydrogen (secondary N) is 1. The van der Waals surface area contributed by atoms with E-state index in [1.165, 1.54) is 0 Å². The fourth-order valence-corrected chi connectivity index (χ4v) is 1.81. The summed E-state index contributed by atoms with van der Waals surface area (Å²) in [5.74, 6) is 0.409. The molecule has 0 spiro atoms. The third kappa shape index (κ3) is 6.68. The molecule has 7 heteroatoms. The maximum absolute atomic E-state index is 12.0. The van der Waals surface area contributed by atoms with Crippen LogP contribution in [0, 0.1) is 6.92 Å². The minimum absolute atomic E-state index is 0.00798. The Balaban J connectivity index is 2.52. The molecule has 0 aliphatic heterocycles. The second-order valence-electron chi connectivity index (χ2n) is 3.82. The van der Waals surface area contributed by atoms with Crippen molar-refractivity contribution < 1.29 is 17.9 Å². The Labute approximate surface area is 114 Å². The Kier molecular flexibility index (Phi) is 6.44. The van der Waals surface area contributed by atoms with E-state index in [-0.39, 0.29) is 24.1 Å². The normalized spacial score (nSPS) is 11.6. The number of pyridine rings is 1. The van der Waals surface area contributed by atoms with Crippen molar-refractivity contribution in [2.45, 2.75) is 25.9 Å². The van der Waals surface area contributed by atoms with Crippen molar-refractivity contribution in [3.05, 3.63) is 23.5 Å². The summed E-state index contributed by atoms with van der Waals surface area (Å²) < 4.78 is 41.3. The predicted molar refractivity (Wildman–Crippen MR) is 70.4 cm³/mol. The van der Waals surface area contributed by atoms with E-state index in [4.69, 9.17) is 4.74 Å². The molecule has 0 radical (unpaired) electrons. The molecule has 1 heterocycles. The summed E-state index contributed by atoms with van der Waals surface area (Å²) in [6.45, 7) is 5.17. The van der Waals surface area contributed by atoms with Gasteiger partial charge < -0.3 is 10.1 Å². The fourth-order valence-electron chi connectivity index (χ4n) is 1.41. The summed E-state index contributed by atoms with van der Waals surface area (Å²) in [5, 5.41) is 3.12. The van der Waals surface area contributed by atoms with Gasteiger partial charge in [0.25, 0.3) is 0 Å². The molecule has 0 aromatic carbocycles. The lowest BCUT2D eigenvalue weighted by Gasteiger charge is -2.12. The molecule has 0 atom stereocenters. The molecule has 3 nitrogen and oxygen atoms in total. The molecule has 0 saturated heterocycles. The first kappa shape index (κ1) is 16.1. The lowest BCUT2D eigenvalue weighted by Crippen LogP contribution is -2.15. The topological polar surface area (TPSA) is 34.2 Å². The summed E-state index contributed by atoms with van der Waals surface area (Å²) >= 11 is -0.0813. The first-order chi connectivity index (χ1) is 8.92. The van der Waals surface area contributed by atoms with Crippen LogP contribution in [-0.4, -0.2) is 29.4 Å². The molecular formula is C12H17F3N2OS. The number of halogens is 3. The lowest BCUT2D eigenvalue weighted by molar-refractivity contribution is -0.0329. The maximum Gasteiger partial charge on any atom is 0.441 e. The summed E-state index contributed by atoms with van der Waals surface area (Å²) in [4.78, 5) is 4.32. The van der Waals surface area contributed by atoms with Crippen LogP contribution in [-0.2, 0) is 6.54 Å². The molecule has 1 aromatic rings. The van der Waals surface area contributed by atoms with Gasteiger partial charge in [-0.15, -0.1) is 0 Å². The third-order valence-electron chi connectivity index (χ3n) is 2.22. The molecule has 0 bridgehead atoms. The number of alkyl halides is 3. The number of aromatic nitrogens is 1. The highest BCUT2D eigenvalue weighted by atomic mass is 32.2. The molecular weight excluding hydrogens is 277 g/mol. The predicted octanol–water partition coefficient (Wildman–Crippen LogP) is 3.13. The van der Waals surface area contributed by atoms with Crippen molar-refractivity contribution in [1.29, 1.82) is 0 Å². The van der Waals surface area contributed by atoms with Crippen LogP contribution in [0.3, 0.4) is 0 Å². The van der Waals surface area contributed by atoms with E-state index >= 15 is 0 Å². The van der Waals surface area contributed by atoms with Gasteiger partial charge in [-0.05, 0) is 37.4 Å². The Morgan fingerprint density at radius 3 is 2.74 bits per heavy atom. The van der Waals surface area contributed by atoms with Crippen LogP contribution in [0.15, 0.2) is 12.1 Å². The average Bonchev–Trinajstić information content (AvgIpc) is 2.32. The van der Waals surface area contributed by atoms with Crippen molar-refractivity contribution in [3.8, 4) is 5.75 Å². The summed E-state index contributed by atoms with van der Waals surface area (Å²) in [6.07, 6.45) is 0. The number of ether oxygens (including phenoxy) is 1. The van der Waals surface area contributed by atoms with Gasteiger partial charge in [0.1, 0.15) is 5.75 Å². The van der Waals surface area contributed by atoms with Gasteiger partial charge in [-0.3, -0.25) is 4.98 Å². The standard InChI is InChI=1S/C12H17F3N2OS/c1-3-16-8-10-11(5-4-9(2)17-10)18-6-7-19-12(13,14)15/h4-5,16H,3,6-8H2,1-2H3. The molecule has 1 aromatic heterocycles. The maximum atomic E-state index is 12.0. The minimum atomic E-state index is -4.21. The minimum Gasteiger partial charge on any atom is -0.491 e. The number of thioether (sulfide) groups is 1. The highest BCUT2D eigenvalue weighted by Crippen LogP contribution is 2.29. The number of rotatable bonds is 7. The zero-order valence-electron chi connectivity index (χ0n) is 10.9. The van der Waals surface area contributed by atoms with Crippen molar-refractivity contribution in [1.82, 2.24) is 10.3 Å². The molecule has 108 valence electrons. The van der Waals surface area contributed by atoms with Crippen LogP contribution >= 0.6 is 11.8 Å². The first-order valence-corrected chi connectivity index (χ1v) is 6.91. The van der Waals surface area contributed by atoms with Crippen LogP contribution in [0.1, 0.15) is 18.3 Å². The van der Waals surface area contributed by atoms with E-state index in [0.29, 0.717) is 12.3 Å². The summed E-state index contributed by atoms with van der Waals surface area (Å²) in [5.41, 5.74) is -2.63. The number of nitrogens with zero attached hydrogens (tertiary/aromatic N) is 1. The number of aryl methyl sites for hydroxylation is 1. The summed E-state index contributed by atoms with van der Waals surface area (Å²) in [6, 6.07) is 3.52. The Bertz CT molecular complexity index is 399. The zero-order valence-corrected chi connectivity index (χ0v) is 11.7. The second-order valence-corrected chi connectivity index (χ2v) is 4.98. The molecule has 0 aliphatic rings. The van der Waals surface area contributed by atoms with Gasteiger partial charge in [0, 0.05) is 18.0 Å². The Morgan fingerprint density at radius 1 is 1.37 bits per heavy atom. The number of hydrogen-bond acceptors (Lipinski definition) is 4. The smallest absolute Gasteiger partial charge is 0.441 e. The first-order valence-electron chi connectivity index (χ1n) is 5.93. The second kappa shape index (κ2) is 7.59. The van der Waals surface area contributed by atoms with Gasteiger partial charge >= 0.3 is 5.51 Å². The largest absolute Gasteiger partial charge is 0.491 e. The van der Waals surface area contributed by atoms with E-state index in [1.54, 1.807) is 12.1 Å². The van der Waals surface area contributed by atoms with Gasteiger partial charge in [-0.2, -0.15) is 13.2 Å².